The molecule has 3 N–H and O–H groups in total. The van der Waals surface area contributed by atoms with Crippen LogP contribution in [0.3, 0.4) is 0 Å². The number of nitrogens with two attached hydrogens (primary N) is 1. The van der Waals surface area contributed by atoms with Crippen LogP contribution in [0.1, 0.15) is 36.6 Å². The molecular weight excluding hydrogens is 288 g/mol. The largest absolute Gasteiger partial charge is 0.374 e. The first-order valence-electron chi connectivity index (χ1n) is 7.83. The van der Waals surface area contributed by atoms with Crippen molar-refractivity contribution in [1.82, 2.24) is 5.32 Å². The van der Waals surface area contributed by atoms with Crippen LogP contribution in [-0.2, 0) is 22.7 Å². The summed E-state index contributed by atoms with van der Waals surface area (Å²) in [6.45, 7) is 5.23. The van der Waals surface area contributed by atoms with Gasteiger partial charge < -0.3 is 10.5 Å². The number of nitrogens with one attached hydrogen (secondary N) is 1. The molecule has 0 radical (unpaired) electrons. The molecule has 4 heteroatoms. The molecule has 0 saturated carbocycles. The predicted molar refractivity (Wildman–Crippen MR) is 91.6 cm³/mol. The highest BCUT2D eigenvalue weighted by Crippen LogP contribution is 2.13. The average Bonchev–Trinajstić information content (AvgIpc) is 2.55. The highest BCUT2D eigenvalue weighted by Gasteiger charge is 2.16. The van der Waals surface area contributed by atoms with Gasteiger partial charge in [-0.3, -0.25) is 10.1 Å². The van der Waals surface area contributed by atoms with Crippen molar-refractivity contribution >= 4 is 5.91 Å². The van der Waals surface area contributed by atoms with E-state index in [4.69, 9.17) is 10.5 Å². The molecule has 2 rings (SSSR count). The highest BCUT2D eigenvalue weighted by atomic mass is 16.5. The summed E-state index contributed by atoms with van der Waals surface area (Å²) < 4.78 is 5.58. The van der Waals surface area contributed by atoms with Gasteiger partial charge in [0.15, 0.2) is 0 Å². The van der Waals surface area contributed by atoms with Gasteiger partial charge in [-0.05, 0) is 30.5 Å². The Morgan fingerprint density at radius 3 is 2.22 bits per heavy atom. The number of amides is 1. The number of carbonyl (C=O) groups is 1. The Labute approximate surface area is 137 Å². The van der Waals surface area contributed by atoms with Gasteiger partial charge in [0.2, 0.25) is 5.91 Å². The van der Waals surface area contributed by atoms with Crippen LogP contribution in [0, 0.1) is 0 Å². The molecule has 2 aromatic rings. The van der Waals surface area contributed by atoms with Crippen LogP contribution >= 0.6 is 0 Å². The molecule has 0 bridgehead atoms. The minimum atomic E-state index is -0.486. The minimum Gasteiger partial charge on any atom is -0.374 e. The number of carbonyl (C=O) groups excluding carboxylic acids is 1. The molecule has 1 amide bonds. The molecule has 0 aromatic heterocycles. The second-order valence-electron chi connectivity index (χ2n) is 5.80. The van der Waals surface area contributed by atoms with E-state index in [2.05, 4.69) is 5.32 Å². The summed E-state index contributed by atoms with van der Waals surface area (Å²) in [5, 5.41) is 3.22. The van der Waals surface area contributed by atoms with Crippen molar-refractivity contribution in [2.75, 3.05) is 0 Å². The molecule has 0 saturated heterocycles. The third kappa shape index (κ3) is 5.51. The smallest absolute Gasteiger partial charge is 0.239 e. The van der Waals surface area contributed by atoms with Gasteiger partial charge in [-0.25, -0.2) is 0 Å². The van der Waals surface area contributed by atoms with E-state index in [1.165, 1.54) is 0 Å². The third-order valence-electron chi connectivity index (χ3n) is 3.53. The fraction of sp³-hybridized carbons (Fsp3) is 0.316. The SMILES string of the molecule is CC(C)OCc1ccc(CN[C@@H](C(N)=O)c2ccccc2)cc1. The van der Waals surface area contributed by atoms with Crippen molar-refractivity contribution in [2.45, 2.75) is 39.1 Å². The Morgan fingerprint density at radius 2 is 1.65 bits per heavy atom. The summed E-state index contributed by atoms with van der Waals surface area (Å²) in [5.74, 6) is -0.377. The summed E-state index contributed by atoms with van der Waals surface area (Å²) in [6.07, 6.45) is 0.221. The molecular formula is C19H24N2O2. The molecule has 122 valence electrons. The third-order valence-corrected chi connectivity index (χ3v) is 3.53. The first kappa shape index (κ1) is 17.2. The van der Waals surface area contributed by atoms with E-state index in [-0.39, 0.29) is 12.0 Å². The summed E-state index contributed by atoms with van der Waals surface area (Å²) in [7, 11) is 0. The van der Waals surface area contributed by atoms with Gasteiger partial charge in [-0.2, -0.15) is 0 Å². The van der Waals surface area contributed by atoms with Crippen LogP contribution in [-0.4, -0.2) is 12.0 Å². The number of ether oxygens (including phenoxy) is 1. The molecule has 4 nitrogen and oxygen atoms in total. The fourth-order valence-electron chi connectivity index (χ4n) is 2.26. The molecule has 2 aromatic carbocycles. The molecule has 0 fully saturated rings. The van der Waals surface area contributed by atoms with Crippen molar-refractivity contribution in [2.24, 2.45) is 5.73 Å². The number of hydrogen-bond acceptors (Lipinski definition) is 3. The van der Waals surface area contributed by atoms with E-state index in [9.17, 15) is 4.79 Å². The van der Waals surface area contributed by atoms with Crippen LogP contribution < -0.4 is 11.1 Å². The van der Waals surface area contributed by atoms with Gasteiger partial charge in [0.25, 0.3) is 0 Å². The van der Waals surface area contributed by atoms with E-state index >= 15 is 0 Å². The Hall–Kier alpha value is -2.17. The van der Waals surface area contributed by atoms with Gasteiger partial charge in [0, 0.05) is 6.54 Å². The van der Waals surface area contributed by atoms with Crippen LogP contribution in [0.4, 0.5) is 0 Å². The molecule has 0 heterocycles. The summed E-state index contributed by atoms with van der Waals surface area (Å²) in [4.78, 5) is 11.7. The van der Waals surface area contributed by atoms with Crippen LogP contribution in [0.25, 0.3) is 0 Å². The molecule has 0 aliphatic rings. The van der Waals surface area contributed by atoms with Gasteiger partial charge in [-0.1, -0.05) is 54.6 Å². The van der Waals surface area contributed by atoms with E-state index in [0.717, 1.165) is 16.7 Å². The van der Waals surface area contributed by atoms with Crippen molar-refractivity contribution in [3.8, 4) is 0 Å². The lowest BCUT2D eigenvalue weighted by Gasteiger charge is -2.16. The number of benzene rings is 2. The second kappa shape index (κ2) is 8.46. The normalized spacial score (nSPS) is 12.3. The maximum absolute atomic E-state index is 11.7. The number of rotatable bonds is 8. The molecule has 0 spiro atoms. The predicted octanol–water partition coefficient (Wildman–Crippen LogP) is 2.93. The Balaban J connectivity index is 1.94. The zero-order chi connectivity index (χ0) is 16.7. The van der Waals surface area contributed by atoms with Crippen molar-refractivity contribution in [3.05, 3.63) is 71.3 Å². The maximum Gasteiger partial charge on any atom is 0.239 e. The van der Waals surface area contributed by atoms with E-state index in [1.807, 2.05) is 68.4 Å². The van der Waals surface area contributed by atoms with Crippen LogP contribution in [0.2, 0.25) is 0 Å². The zero-order valence-electron chi connectivity index (χ0n) is 13.7. The minimum absolute atomic E-state index is 0.221. The lowest BCUT2D eigenvalue weighted by atomic mass is 10.1. The summed E-state index contributed by atoms with van der Waals surface area (Å²) in [6, 6.07) is 17.2. The second-order valence-corrected chi connectivity index (χ2v) is 5.80. The molecule has 0 aliphatic carbocycles. The van der Waals surface area contributed by atoms with Gasteiger partial charge in [0.05, 0.1) is 12.7 Å². The lowest BCUT2D eigenvalue weighted by molar-refractivity contribution is -0.120. The topological polar surface area (TPSA) is 64.3 Å². The monoisotopic (exact) mass is 312 g/mol. The molecule has 0 unspecified atom stereocenters. The van der Waals surface area contributed by atoms with Gasteiger partial charge >= 0.3 is 0 Å². The van der Waals surface area contributed by atoms with Gasteiger partial charge in [0.1, 0.15) is 6.04 Å². The standard InChI is InChI=1S/C19H24N2O2/c1-14(2)23-13-16-10-8-15(9-11-16)12-21-18(19(20)22)17-6-4-3-5-7-17/h3-11,14,18,21H,12-13H2,1-2H3,(H2,20,22)/t18-/m1/s1. The van der Waals surface area contributed by atoms with Crippen molar-refractivity contribution in [1.29, 1.82) is 0 Å². The van der Waals surface area contributed by atoms with Crippen molar-refractivity contribution in [3.63, 3.8) is 0 Å². The first-order chi connectivity index (χ1) is 11.1. The quantitative estimate of drug-likeness (QED) is 0.787. The fourth-order valence-corrected chi connectivity index (χ4v) is 2.26. The van der Waals surface area contributed by atoms with E-state index in [1.54, 1.807) is 0 Å². The van der Waals surface area contributed by atoms with Crippen molar-refractivity contribution < 1.29 is 9.53 Å². The van der Waals surface area contributed by atoms with E-state index in [0.29, 0.717) is 13.2 Å². The Kier molecular flexibility index (Phi) is 6.32. The number of hydrogen-bond donors (Lipinski definition) is 2. The average molecular weight is 312 g/mol. The van der Waals surface area contributed by atoms with Gasteiger partial charge in [-0.15, -0.1) is 0 Å². The zero-order valence-corrected chi connectivity index (χ0v) is 13.7. The lowest BCUT2D eigenvalue weighted by Crippen LogP contribution is -2.33. The summed E-state index contributed by atoms with van der Waals surface area (Å²) in [5.41, 5.74) is 8.62. The first-order valence-corrected chi connectivity index (χ1v) is 7.83. The van der Waals surface area contributed by atoms with Crippen LogP contribution in [0.15, 0.2) is 54.6 Å². The maximum atomic E-state index is 11.7. The Morgan fingerprint density at radius 1 is 1.04 bits per heavy atom. The Bertz CT molecular complexity index is 609. The van der Waals surface area contributed by atoms with Crippen LogP contribution in [0.5, 0.6) is 0 Å². The molecule has 0 aliphatic heterocycles. The summed E-state index contributed by atoms with van der Waals surface area (Å²) >= 11 is 0. The van der Waals surface area contributed by atoms with E-state index < -0.39 is 6.04 Å². The highest BCUT2D eigenvalue weighted by molar-refractivity contribution is 5.81. The molecule has 23 heavy (non-hydrogen) atoms. The molecule has 1 atom stereocenters. The number of primary amides is 1.